The van der Waals surface area contributed by atoms with E-state index in [2.05, 4.69) is 29.7 Å². The number of fused-ring (bicyclic) bond motifs is 1. The van der Waals surface area contributed by atoms with Crippen LogP contribution in [-0.4, -0.2) is 33.4 Å². The van der Waals surface area contributed by atoms with Crippen molar-refractivity contribution in [1.82, 2.24) is 14.5 Å². The predicted molar refractivity (Wildman–Crippen MR) is 111 cm³/mol. The maximum Gasteiger partial charge on any atom is 0.240 e. The summed E-state index contributed by atoms with van der Waals surface area (Å²) in [5, 5.41) is 0.657. The van der Waals surface area contributed by atoms with Gasteiger partial charge in [-0.2, -0.15) is 0 Å². The molecule has 1 saturated heterocycles. The van der Waals surface area contributed by atoms with E-state index in [4.69, 9.17) is 4.98 Å². The Morgan fingerprint density at radius 1 is 1.04 bits per heavy atom. The van der Waals surface area contributed by atoms with E-state index in [9.17, 15) is 4.79 Å². The Kier molecular flexibility index (Phi) is 5.48. The van der Waals surface area contributed by atoms with Gasteiger partial charge in [0.15, 0.2) is 5.16 Å². The molecule has 1 unspecified atom stereocenters. The number of imidazole rings is 1. The Morgan fingerprint density at radius 2 is 1.74 bits per heavy atom. The number of carbonyl (C=O) groups excluding carboxylic acids is 1. The fraction of sp³-hybridized carbons (Fsp3) is 0.364. The Balaban J connectivity index is 1.70. The summed E-state index contributed by atoms with van der Waals surface area (Å²) in [5.74, 6) is 0.209. The number of likely N-dealkylation sites (tertiary alicyclic amines) is 1. The lowest BCUT2D eigenvalue weighted by molar-refractivity contribution is -0.131. The van der Waals surface area contributed by atoms with Crippen LogP contribution in [0, 0.1) is 0 Å². The highest BCUT2D eigenvalue weighted by Crippen LogP contribution is 2.38. The van der Waals surface area contributed by atoms with Crippen molar-refractivity contribution in [3.8, 4) is 0 Å². The quantitative estimate of drug-likeness (QED) is 0.592. The largest absolute Gasteiger partial charge is 0.341 e. The number of para-hydroxylation sites is 2. The average Bonchev–Trinajstić information content (AvgIpc) is 3.10. The number of nitrogens with zero attached hydrogens (tertiary/aromatic N) is 3. The number of hydrogen-bond donors (Lipinski definition) is 0. The number of benzene rings is 2. The highest BCUT2D eigenvalue weighted by molar-refractivity contribution is 8.00. The second-order valence-electron chi connectivity index (χ2n) is 6.92. The molecule has 1 atom stereocenters. The number of rotatable bonds is 5. The lowest BCUT2D eigenvalue weighted by Gasteiger charge is -2.30. The zero-order valence-corrected chi connectivity index (χ0v) is 16.5. The summed E-state index contributed by atoms with van der Waals surface area (Å²) in [6, 6.07) is 18.3. The molecule has 1 aliphatic heterocycles. The van der Waals surface area contributed by atoms with Gasteiger partial charge in [0.1, 0.15) is 5.25 Å². The van der Waals surface area contributed by atoms with Crippen molar-refractivity contribution in [2.75, 3.05) is 13.1 Å². The molecule has 5 heteroatoms. The van der Waals surface area contributed by atoms with Gasteiger partial charge in [0, 0.05) is 19.6 Å². The molecular formula is C22H25N3OS. The van der Waals surface area contributed by atoms with Crippen molar-refractivity contribution in [2.45, 2.75) is 43.1 Å². The summed E-state index contributed by atoms with van der Waals surface area (Å²) in [5.41, 5.74) is 3.16. The molecule has 0 saturated carbocycles. The van der Waals surface area contributed by atoms with E-state index in [-0.39, 0.29) is 11.2 Å². The molecule has 1 aromatic heterocycles. The van der Waals surface area contributed by atoms with Gasteiger partial charge in [-0.1, -0.05) is 54.2 Å². The number of thioether (sulfide) groups is 1. The van der Waals surface area contributed by atoms with Crippen LogP contribution in [-0.2, 0) is 11.3 Å². The SMILES string of the molecule is CCn1c(SC(C(=O)N2CCCCC2)c2ccccc2)nc2ccccc21. The second kappa shape index (κ2) is 8.17. The zero-order valence-electron chi connectivity index (χ0n) is 15.7. The third-order valence-corrected chi connectivity index (χ3v) is 6.39. The number of piperidine rings is 1. The fourth-order valence-electron chi connectivity index (χ4n) is 3.72. The maximum atomic E-state index is 13.4. The maximum absolute atomic E-state index is 13.4. The molecule has 4 nitrogen and oxygen atoms in total. The van der Waals surface area contributed by atoms with Crippen LogP contribution in [0.2, 0.25) is 0 Å². The van der Waals surface area contributed by atoms with Crippen LogP contribution in [0.15, 0.2) is 59.8 Å². The summed E-state index contributed by atoms with van der Waals surface area (Å²) in [7, 11) is 0. The summed E-state index contributed by atoms with van der Waals surface area (Å²) in [6.45, 7) is 4.70. The second-order valence-corrected chi connectivity index (χ2v) is 7.99. The van der Waals surface area contributed by atoms with Crippen LogP contribution in [0.25, 0.3) is 11.0 Å². The van der Waals surface area contributed by atoms with Gasteiger partial charge in [-0.15, -0.1) is 0 Å². The van der Waals surface area contributed by atoms with Gasteiger partial charge in [0.05, 0.1) is 11.0 Å². The minimum absolute atomic E-state index is 0.209. The first kappa shape index (κ1) is 18.1. The van der Waals surface area contributed by atoms with Gasteiger partial charge < -0.3 is 9.47 Å². The van der Waals surface area contributed by atoms with E-state index in [1.807, 2.05) is 41.3 Å². The smallest absolute Gasteiger partial charge is 0.240 e. The number of hydrogen-bond acceptors (Lipinski definition) is 3. The first-order valence-corrected chi connectivity index (χ1v) is 10.6. The molecule has 1 aliphatic rings. The van der Waals surface area contributed by atoms with Crippen molar-refractivity contribution in [3.63, 3.8) is 0 Å². The Labute approximate surface area is 164 Å². The minimum Gasteiger partial charge on any atom is -0.341 e. The molecule has 4 rings (SSSR count). The first-order chi connectivity index (χ1) is 13.3. The van der Waals surface area contributed by atoms with Gasteiger partial charge in [-0.25, -0.2) is 4.98 Å². The van der Waals surface area contributed by atoms with E-state index in [1.54, 1.807) is 11.8 Å². The van der Waals surface area contributed by atoms with Gasteiger partial charge in [0.25, 0.3) is 0 Å². The molecule has 140 valence electrons. The van der Waals surface area contributed by atoms with E-state index in [0.717, 1.165) is 54.2 Å². The van der Waals surface area contributed by atoms with Gasteiger partial charge in [0.2, 0.25) is 5.91 Å². The topological polar surface area (TPSA) is 38.1 Å². The number of carbonyl (C=O) groups is 1. The Hall–Kier alpha value is -2.27. The monoisotopic (exact) mass is 379 g/mol. The summed E-state index contributed by atoms with van der Waals surface area (Å²) < 4.78 is 2.21. The molecule has 27 heavy (non-hydrogen) atoms. The van der Waals surface area contributed by atoms with Crippen molar-refractivity contribution >= 4 is 28.7 Å². The molecule has 1 amide bonds. The highest BCUT2D eigenvalue weighted by Gasteiger charge is 2.29. The zero-order chi connectivity index (χ0) is 18.6. The number of amides is 1. The molecule has 0 bridgehead atoms. The Morgan fingerprint density at radius 3 is 2.48 bits per heavy atom. The van der Waals surface area contributed by atoms with Crippen molar-refractivity contribution < 1.29 is 4.79 Å². The lowest BCUT2D eigenvalue weighted by Crippen LogP contribution is -2.38. The van der Waals surface area contributed by atoms with Gasteiger partial charge in [-0.05, 0) is 43.9 Å². The van der Waals surface area contributed by atoms with Crippen molar-refractivity contribution in [1.29, 1.82) is 0 Å². The Bertz CT molecular complexity index is 916. The normalized spacial score (nSPS) is 15.8. The van der Waals surface area contributed by atoms with E-state index < -0.39 is 0 Å². The standard InChI is InChI=1S/C22H25N3OS/c1-2-25-19-14-8-7-13-18(19)23-22(25)27-20(17-11-5-3-6-12-17)21(26)24-15-9-4-10-16-24/h3,5-8,11-14,20H,2,4,9-10,15-16H2,1H3. The van der Waals surface area contributed by atoms with Crippen LogP contribution in [0.3, 0.4) is 0 Å². The molecule has 0 aliphatic carbocycles. The van der Waals surface area contributed by atoms with E-state index in [0.29, 0.717) is 0 Å². The van der Waals surface area contributed by atoms with Crippen LogP contribution in [0.5, 0.6) is 0 Å². The van der Waals surface area contributed by atoms with Crippen molar-refractivity contribution in [2.24, 2.45) is 0 Å². The fourth-order valence-corrected chi connectivity index (χ4v) is 4.98. The third kappa shape index (κ3) is 3.74. The molecule has 0 N–H and O–H groups in total. The van der Waals surface area contributed by atoms with Crippen LogP contribution < -0.4 is 0 Å². The average molecular weight is 380 g/mol. The molecule has 1 fully saturated rings. The van der Waals surface area contributed by atoms with Crippen molar-refractivity contribution in [3.05, 3.63) is 60.2 Å². The summed E-state index contributed by atoms with van der Waals surface area (Å²) in [4.78, 5) is 20.3. The molecule has 2 aromatic carbocycles. The summed E-state index contributed by atoms with van der Waals surface area (Å²) >= 11 is 1.58. The summed E-state index contributed by atoms with van der Waals surface area (Å²) in [6.07, 6.45) is 3.43. The van der Waals surface area contributed by atoms with Gasteiger partial charge in [-0.3, -0.25) is 4.79 Å². The van der Waals surface area contributed by atoms with Crippen LogP contribution >= 0.6 is 11.8 Å². The highest BCUT2D eigenvalue weighted by atomic mass is 32.2. The van der Waals surface area contributed by atoms with E-state index >= 15 is 0 Å². The molecule has 2 heterocycles. The molecule has 3 aromatic rings. The number of aryl methyl sites for hydroxylation is 1. The first-order valence-electron chi connectivity index (χ1n) is 9.73. The molecular weight excluding hydrogens is 354 g/mol. The van der Waals surface area contributed by atoms with E-state index in [1.165, 1.54) is 6.42 Å². The van der Waals surface area contributed by atoms with Gasteiger partial charge >= 0.3 is 0 Å². The minimum atomic E-state index is -0.258. The molecule has 0 radical (unpaired) electrons. The molecule has 0 spiro atoms. The van der Waals surface area contributed by atoms with Crippen LogP contribution in [0.4, 0.5) is 0 Å². The van der Waals surface area contributed by atoms with Crippen LogP contribution in [0.1, 0.15) is 37.0 Å². The number of aromatic nitrogens is 2. The lowest BCUT2D eigenvalue weighted by atomic mass is 10.1. The predicted octanol–water partition coefficient (Wildman–Crippen LogP) is 4.90. The third-order valence-electron chi connectivity index (χ3n) is 5.15.